The number of piperidine rings is 1. The average Bonchev–Trinajstić information content (AvgIpc) is 3.29. The first-order valence-corrected chi connectivity index (χ1v) is 12.3. The third kappa shape index (κ3) is 16.2. The van der Waals surface area contributed by atoms with Crippen molar-refractivity contribution in [3.63, 3.8) is 0 Å². The normalized spacial score (nSPS) is 23.4. The Hall–Kier alpha value is -0.200. The summed E-state index contributed by atoms with van der Waals surface area (Å²) >= 11 is 0. The van der Waals surface area contributed by atoms with Crippen molar-refractivity contribution in [1.82, 2.24) is 20.0 Å². The Morgan fingerprint density at radius 3 is 1.69 bits per heavy atom. The van der Waals surface area contributed by atoms with Gasteiger partial charge in [0.15, 0.2) is 0 Å². The minimum atomic E-state index is 0.847. The number of nitrogens with one attached hydrogen (secondary N) is 1. The summed E-state index contributed by atoms with van der Waals surface area (Å²) in [7, 11) is 8.52. The van der Waals surface area contributed by atoms with Crippen LogP contribution in [-0.4, -0.2) is 101 Å². The highest BCUT2D eigenvalue weighted by Gasteiger charge is 2.15. The van der Waals surface area contributed by atoms with E-state index < -0.39 is 0 Å². The van der Waals surface area contributed by atoms with Gasteiger partial charge in [-0.3, -0.25) is 0 Å². The van der Waals surface area contributed by atoms with E-state index in [1.807, 2.05) is 0 Å². The topological polar surface area (TPSA) is 31.0 Å². The maximum absolute atomic E-state index is 5.10. The van der Waals surface area contributed by atoms with Crippen molar-refractivity contribution >= 4 is 0 Å². The Balaban J connectivity index is 0.000000365. The molecule has 1 atom stereocenters. The van der Waals surface area contributed by atoms with E-state index in [0.29, 0.717) is 0 Å². The highest BCUT2D eigenvalue weighted by molar-refractivity contribution is 4.72. The largest absolute Gasteiger partial charge is 0.379 e. The Bertz CT molecular complexity index is 327. The smallest absolute Gasteiger partial charge is 0.0594 e. The maximum Gasteiger partial charge on any atom is 0.0594 e. The van der Waals surface area contributed by atoms with Crippen LogP contribution in [0.15, 0.2) is 0 Å². The first kappa shape index (κ1) is 28.8. The number of likely N-dealkylation sites (N-methyl/N-ethyl adjacent to an activating group) is 1. The molecule has 1 N–H and O–H groups in total. The van der Waals surface area contributed by atoms with Gasteiger partial charge in [-0.2, -0.15) is 0 Å². The molecule has 0 spiro atoms. The third-order valence-electron chi connectivity index (χ3n) is 6.47. The standard InChI is InChI=1S/C8H17N.C6H13N.C5H11NO.C5H13N/c1-3-8-6-4-5-7-9(8)2;1-7-6-4-2-3-5-6;1-6-2-4-7-5-3-6;1-4-6(3)5-2/h8H,3-7H2,1-2H3;6-7H,2-5H2,1H3;2-5H2,1H3;4-5H2,1-3H3. The van der Waals surface area contributed by atoms with Crippen molar-refractivity contribution in [2.75, 3.05) is 74.1 Å². The van der Waals surface area contributed by atoms with E-state index in [2.05, 4.69) is 69.0 Å². The van der Waals surface area contributed by atoms with Crippen molar-refractivity contribution in [2.45, 2.75) is 84.2 Å². The molecule has 0 radical (unpaired) electrons. The number of hydrogen-bond acceptors (Lipinski definition) is 5. The second-order valence-electron chi connectivity index (χ2n) is 8.71. The fraction of sp³-hybridized carbons (Fsp3) is 1.00. The van der Waals surface area contributed by atoms with Crippen molar-refractivity contribution < 1.29 is 4.74 Å². The van der Waals surface area contributed by atoms with Gasteiger partial charge in [-0.25, -0.2) is 0 Å². The summed E-state index contributed by atoms with van der Waals surface area (Å²) in [5.74, 6) is 0. The summed E-state index contributed by atoms with van der Waals surface area (Å²) in [6, 6.07) is 1.73. The van der Waals surface area contributed by atoms with Crippen LogP contribution in [-0.2, 0) is 4.74 Å². The van der Waals surface area contributed by atoms with Gasteiger partial charge in [0, 0.05) is 25.2 Å². The van der Waals surface area contributed by atoms with Crippen LogP contribution in [0.5, 0.6) is 0 Å². The highest BCUT2D eigenvalue weighted by atomic mass is 16.5. The lowest BCUT2D eigenvalue weighted by Crippen LogP contribution is -2.35. The molecule has 176 valence electrons. The van der Waals surface area contributed by atoms with Crippen LogP contribution in [0.4, 0.5) is 0 Å². The SMILES string of the molecule is CCC1CCCCN1C.CCN(C)CC.CN1CCOCC1.CNC1CCCC1. The molecule has 3 rings (SSSR count). The van der Waals surface area contributed by atoms with E-state index in [1.54, 1.807) is 0 Å². The lowest BCUT2D eigenvalue weighted by atomic mass is 10.0. The molecular formula is C24H54N4O. The average molecular weight is 415 g/mol. The van der Waals surface area contributed by atoms with Gasteiger partial charge in [0.25, 0.3) is 0 Å². The molecule has 0 aromatic heterocycles. The predicted molar refractivity (Wildman–Crippen MR) is 129 cm³/mol. The molecule has 1 aliphatic carbocycles. The van der Waals surface area contributed by atoms with Gasteiger partial charge >= 0.3 is 0 Å². The van der Waals surface area contributed by atoms with E-state index >= 15 is 0 Å². The zero-order valence-electron chi connectivity index (χ0n) is 21.0. The summed E-state index contributed by atoms with van der Waals surface area (Å²) in [6.07, 6.45) is 11.3. The second-order valence-corrected chi connectivity index (χ2v) is 8.71. The van der Waals surface area contributed by atoms with Gasteiger partial charge in [0.2, 0.25) is 0 Å². The molecule has 2 saturated heterocycles. The van der Waals surface area contributed by atoms with E-state index in [0.717, 1.165) is 51.5 Å². The lowest BCUT2D eigenvalue weighted by molar-refractivity contribution is 0.0503. The molecule has 5 nitrogen and oxygen atoms in total. The van der Waals surface area contributed by atoms with Gasteiger partial charge in [0.1, 0.15) is 0 Å². The van der Waals surface area contributed by atoms with Crippen molar-refractivity contribution in [3.8, 4) is 0 Å². The molecule has 1 saturated carbocycles. The zero-order chi connectivity index (χ0) is 21.9. The molecule has 3 fully saturated rings. The van der Waals surface area contributed by atoms with Crippen LogP contribution < -0.4 is 5.32 Å². The van der Waals surface area contributed by atoms with Gasteiger partial charge in [0.05, 0.1) is 13.2 Å². The second kappa shape index (κ2) is 19.7. The molecule has 0 aromatic carbocycles. The highest BCUT2D eigenvalue weighted by Crippen LogP contribution is 2.17. The Kier molecular flexibility index (Phi) is 19.6. The van der Waals surface area contributed by atoms with Crippen molar-refractivity contribution in [3.05, 3.63) is 0 Å². The maximum atomic E-state index is 5.10. The molecule has 0 bridgehead atoms. The molecule has 3 aliphatic rings. The lowest BCUT2D eigenvalue weighted by Gasteiger charge is -2.31. The van der Waals surface area contributed by atoms with Crippen LogP contribution >= 0.6 is 0 Å². The van der Waals surface area contributed by atoms with Crippen LogP contribution in [0.3, 0.4) is 0 Å². The molecule has 5 heteroatoms. The number of nitrogens with zero attached hydrogens (tertiary/aromatic N) is 3. The number of likely N-dealkylation sites (tertiary alicyclic amines) is 1. The van der Waals surface area contributed by atoms with Gasteiger partial charge in [-0.1, -0.05) is 40.0 Å². The first-order chi connectivity index (χ1) is 14.0. The monoisotopic (exact) mass is 414 g/mol. The van der Waals surface area contributed by atoms with Gasteiger partial charge < -0.3 is 24.8 Å². The predicted octanol–water partition coefficient (Wildman–Crippen LogP) is 3.94. The Morgan fingerprint density at radius 2 is 1.41 bits per heavy atom. The van der Waals surface area contributed by atoms with Crippen molar-refractivity contribution in [1.29, 1.82) is 0 Å². The van der Waals surface area contributed by atoms with Crippen molar-refractivity contribution in [2.24, 2.45) is 0 Å². The fourth-order valence-electron chi connectivity index (χ4n) is 3.75. The molecule has 1 unspecified atom stereocenters. The third-order valence-corrected chi connectivity index (χ3v) is 6.47. The number of ether oxygens (including phenoxy) is 1. The zero-order valence-corrected chi connectivity index (χ0v) is 21.0. The fourth-order valence-corrected chi connectivity index (χ4v) is 3.75. The molecule has 2 heterocycles. The first-order valence-electron chi connectivity index (χ1n) is 12.3. The minimum Gasteiger partial charge on any atom is -0.379 e. The Morgan fingerprint density at radius 1 is 0.862 bits per heavy atom. The summed E-state index contributed by atoms with van der Waals surface area (Å²) in [6.45, 7) is 14.3. The summed E-state index contributed by atoms with van der Waals surface area (Å²) in [5, 5.41) is 3.26. The van der Waals surface area contributed by atoms with E-state index in [9.17, 15) is 0 Å². The number of morpholine rings is 1. The van der Waals surface area contributed by atoms with E-state index in [-0.39, 0.29) is 0 Å². The summed E-state index contributed by atoms with van der Waals surface area (Å²) in [4.78, 5) is 7.01. The number of hydrogen-bond donors (Lipinski definition) is 1. The number of rotatable bonds is 4. The molecular weight excluding hydrogens is 360 g/mol. The quantitative estimate of drug-likeness (QED) is 0.753. The van der Waals surface area contributed by atoms with Crippen LogP contribution in [0.25, 0.3) is 0 Å². The molecule has 0 aromatic rings. The van der Waals surface area contributed by atoms with Crippen LogP contribution in [0, 0.1) is 0 Å². The summed E-state index contributed by atoms with van der Waals surface area (Å²) in [5.41, 5.74) is 0. The van der Waals surface area contributed by atoms with Gasteiger partial charge in [-0.05, 0) is 79.9 Å². The van der Waals surface area contributed by atoms with Crippen LogP contribution in [0.2, 0.25) is 0 Å². The van der Waals surface area contributed by atoms with Gasteiger partial charge in [-0.15, -0.1) is 0 Å². The molecule has 2 aliphatic heterocycles. The summed E-state index contributed by atoms with van der Waals surface area (Å²) < 4.78 is 5.10. The Labute approximate surface area is 183 Å². The minimum absolute atomic E-state index is 0.847. The van der Waals surface area contributed by atoms with E-state index in [4.69, 9.17) is 4.74 Å². The molecule has 29 heavy (non-hydrogen) atoms. The molecule has 0 amide bonds. The van der Waals surface area contributed by atoms with Crippen LogP contribution in [0.1, 0.15) is 72.1 Å². The van der Waals surface area contributed by atoms with E-state index in [1.165, 1.54) is 57.9 Å².